The topological polar surface area (TPSA) is 101 Å². The Labute approximate surface area is 178 Å². The van der Waals surface area contributed by atoms with Crippen molar-refractivity contribution in [2.45, 2.75) is 31.2 Å². The van der Waals surface area contributed by atoms with Gasteiger partial charge in [-0.05, 0) is 55.0 Å². The van der Waals surface area contributed by atoms with E-state index in [9.17, 15) is 13.2 Å². The van der Waals surface area contributed by atoms with E-state index in [-0.39, 0.29) is 23.3 Å². The molecule has 4 rings (SSSR count). The van der Waals surface area contributed by atoms with Gasteiger partial charge in [-0.3, -0.25) is 4.79 Å². The first-order valence-electron chi connectivity index (χ1n) is 9.50. The number of anilines is 1. The first kappa shape index (κ1) is 20.5. The molecule has 9 heteroatoms. The number of benzene rings is 1. The Morgan fingerprint density at radius 3 is 2.67 bits per heavy atom. The van der Waals surface area contributed by atoms with Crippen LogP contribution in [-0.4, -0.2) is 19.5 Å². The number of amides is 1. The van der Waals surface area contributed by atoms with Gasteiger partial charge >= 0.3 is 0 Å². The average molecular weight is 444 g/mol. The van der Waals surface area contributed by atoms with Gasteiger partial charge in [0.2, 0.25) is 15.9 Å². The number of nitrogens with one attached hydrogen (secondary N) is 2. The average Bonchev–Trinajstić information content (AvgIpc) is 3.36. The van der Waals surface area contributed by atoms with E-state index in [1.807, 2.05) is 17.5 Å². The van der Waals surface area contributed by atoms with E-state index in [0.29, 0.717) is 17.1 Å². The van der Waals surface area contributed by atoms with Gasteiger partial charge in [0.05, 0.1) is 4.90 Å². The maximum Gasteiger partial charge on any atom is 0.240 e. The highest BCUT2D eigenvalue weighted by atomic mass is 32.2. The number of carbonyl (C=O) groups excluding carboxylic acids is 1. The van der Waals surface area contributed by atoms with Gasteiger partial charge in [-0.2, -0.15) is 0 Å². The Kier molecular flexibility index (Phi) is 5.85. The van der Waals surface area contributed by atoms with Crippen molar-refractivity contribution in [3.63, 3.8) is 0 Å². The number of rotatable bonds is 8. The number of aryl methyl sites for hydroxylation is 1. The van der Waals surface area contributed by atoms with E-state index in [0.717, 1.165) is 23.3 Å². The van der Waals surface area contributed by atoms with Crippen LogP contribution in [-0.2, 0) is 21.4 Å². The number of nitrogens with zero attached hydrogens (tertiary/aromatic N) is 1. The molecule has 1 fully saturated rings. The molecule has 7 nitrogen and oxygen atoms in total. The molecule has 1 saturated carbocycles. The molecule has 1 aliphatic carbocycles. The predicted octanol–water partition coefficient (Wildman–Crippen LogP) is 4.04. The zero-order valence-electron chi connectivity index (χ0n) is 16.3. The maximum atomic E-state index is 12.4. The van der Waals surface area contributed by atoms with Crippen LogP contribution in [0.5, 0.6) is 0 Å². The fourth-order valence-electron chi connectivity index (χ4n) is 2.82. The number of hydrogen-bond donors (Lipinski definition) is 2. The van der Waals surface area contributed by atoms with Crippen LogP contribution in [0.2, 0.25) is 0 Å². The third kappa shape index (κ3) is 4.86. The highest BCUT2D eigenvalue weighted by Crippen LogP contribution is 2.32. The van der Waals surface area contributed by atoms with Crippen LogP contribution in [0.15, 0.2) is 51.2 Å². The number of aromatic nitrogens is 1. The van der Waals surface area contributed by atoms with Gasteiger partial charge in [-0.1, -0.05) is 29.4 Å². The minimum atomic E-state index is -3.58. The molecule has 3 aromatic rings. The van der Waals surface area contributed by atoms with Crippen LogP contribution in [0, 0.1) is 12.8 Å². The SMILES string of the molecule is Cc1noc(C=Cc2ccc(S(=O)(=O)NCc3cccs3)cc2)c1NC(=O)C1CC1. The minimum Gasteiger partial charge on any atom is -0.354 e. The van der Waals surface area contributed by atoms with Gasteiger partial charge in [-0.15, -0.1) is 11.3 Å². The van der Waals surface area contributed by atoms with Gasteiger partial charge in [0, 0.05) is 17.3 Å². The van der Waals surface area contributed by atoms with Crippen LogP contribution in [0.3, 0.4) is 0 Å². The van der Waals surface area contributed by atoms with Crippen molar-refractivity contribution in [1.29, 1.82) is 0 Å². The van der Waals surface area contributed by atoms with Gasteiger partial charge in [0.1, 0.15) is 11.4 Å². The minimum absolute atomic E-state index is 0.0134. The highest BCUT2D eigenvalue weighted by Gasteiger charge is 2.30. The first-order chi connectivity index (χ1) is 14.4. The Morgan fingerprint density at radius 2 is 2.00 bits per heavy atom. The van der Waals surface area contributed by atoms with E-state index in [4.69, 9.17) is 4.52 Å². The molecule has 156 valence electrons. The second-order valence-corrected chi connectivity index (χ2v) is 9.88. The van der Waals surface area contributed by atoms with Crippen molar-refractivity contribution >= 4 is 45.1 Å². The summed E-state index contributed by atoms with van der Waals surface area (Å²) in [5.41, 5.74) is 1.97. The summed E-state index contributed by atoms with van der Waals surface area (Å²) in [5, 5.41) is 8.71. The number of thiophene rings is 1. The largest absolute Gasteiger partial charge is 0.354 e. The molecular formula is C21H21N3O4S2. The van der Waals surface area contributed by atoms with E-state index >= 15 is 0 Å². The molecule has 0 unspecified atom stereocenters. The lowest BCUT2D eigenvalue weighted by Gasteiger charge is -2.06. The zero-order chi connectivity index (χ0) is 21.1. The summed E-state index contributed by atoms with van der Waals surface area (Å²) in [5.74, 6) is 0.524. The third-order valence-corrected chi connectivity index (χ3v) is 7.01. The van der Waals surface area contributed by atoms with E-state index in [2.05, 4.69) is 15.2 Å². The summed E-state index contributed by atoms with van der Waals surface area (Å²) >= 11 is 1.50. The normalized spacial score (nSPS) is 14.3. The fourth-order valence-corrected chi connectivity index (χ4v) is 4.56. The van der Waals surface area contributed by atoms with Crippen molar-refractivity contribution in [2.24, 2.45) is 5.92 Å². The second-order valence-electron chi connectivity index (χ2n) is 7.08. The molecule has 0 bridgehead atoms. The van der Waals surface area contributed by atoms with Crippen molar-refractivity contribution in [3.05, 3.63) is 63.7 Å². The molecule has 2 N–H and O–H groups in total. The molecule has 1 aromatic carbocycles. The van der Waals surface area contributed by atoms with Crippen molar-refractivity contribution < 1.29 is 17.7 Å². The molecule has 2 aromatic heterocycles. The molecule has 0 saturated heterocycles. The Balaban J connectivity index is 1.43. The molecule has 0 spiro atoms. The molecule has 0 radical (unpaired) electrons. The van der Waals surface area contributed by atoms with Gasteiger partial charge < -0.3 is 9.84 Å². The summed E-state index contributed by atoms with van der Waals surface area (Å²) in [6.07, 6.45) is 5.32. The van der Waals surface area contributed by atoms with Crippen LogP contribution in [0.1, 0.15) is 34.7 Å². The Bertz CT molecular complexity index is 1160. The maximum absolute atomic E-state index is 12.4. The van der Waals surface area contributed by atoms with Gasteiger partial charge in [-0.25, -0.2) is 13.1 Å². The summed E-state index contributed by atoms with van der Waals surface area (Å²) in [6.45, 7) is 2.04. The van der Waals surface area contributed by atoms with Crippen molar-refractivity contribution in [2.75, 3.05) is 5.32 Å². The number of carbonyl (C=O) groups is 1. The van der Waals surface area contributed by atoms with Crippen LogP contribution in [0.25, 0.3) is 12.2 Å². The summed E-state index contributed by atoms with van der Waals surface area (Å²) in [6, 6.07) is 10.3. The highest BCUT2D eigenvalue weighted by molar-refractivity contribution is 7.89. The van der Waals surface area contributed by atoms with Crippen LogP contribution in [0.4, 0.5) is 5.69 Å². The van der Waals surface area contributed by atoms with Gasteiger partial charge in [0.25, 0.3) is 0 Å². The summed E-state index contributed by atoms with van der Waals surface area (Å²) in [7, 11) is -3.58. The lowest BCUT2D eigenvalue weighted by atomic mass is 10.2. The van der Waals surface area contributed by atoms with Crippen molar-refractivity contribution in [3.8, 4) is 0 Å². The first-order valence-corrected chi connectivity index (χ1v) is 11.9. The monoisotopic (exact) mass is 443 g/mol. The number of sulfonamides is 1. The smallest absolute Gasteiger partial charge is 0.240 e. The molecule has 1 aliphatic rings. The molecule has 0 aliphatic heterocycles. The lowest BCUT2D eigenvalue weighted by Crippen LogP contribution is -2.22. The Morgan fingerprint density at radius 1 is 1.23 bits per heavy atom. The van der Waals surface area contributed by atoms with E-state index < -0.39 is 10.0 Å². The van der Waals surface area contributed by atoms with Crippen molar-refractivity contribution in [1.82, 2.24) is 9.88 Å². The van der Waals surface area contributed by atoms with Gasteiger partial charge in [0.15, 0.2) is 5.76 Å². The predicted molar refractivity (Wildman–Crippen MR) is 116 cm³/mol. The molecule has 2 heterocycles. The van der Waals surface area contributed by atoms with Crippen LogP contribution >= 0.6 is 11.3 Å². The van der Waals surface area contributed by atoms with E-state index in [1.54, 1.807) is 43.3 Å². The fraction of sp³-hybridized carbons (Fsp3) is 0.238. The Hall–Kier alpha value is -2.75. The van der Waals surface area contributed by atoms with E-state index in [1.165, 1.54) is 11.3 Å². The molecular weight excluding hydrogens is 422 g/mol. The quantitative estimate of drug-likeness (QED) is 0.547. The summed E-state index contributed by atoms with van der Waals surface area (Å²) in [4.78, 5) is 13.2. The van der Waals surface area contributed by atoms with Crippen LogP contribution < -0.4 is 10.0 Å². The summed E-state index contributed by atoms with van der Waals surface area (Å²) < 4.78 is 32.8. The molecule has 0 atom stereocenters. The standard InChI is InChI=1S/C21H21N3O4S2/c1-14-20(23-21(25)16-7-8-16)19(28-24-14)11-6-15-4-9-18(10-5-15)30(26,27)22-13-17-3-2-12-29-17/h2-6,9-12,16,22H,7-8,13H2,1H3,(H,23,25). The second kappa shape index (κ2) is 8.55. The number of hydrogen-bond acceptors (Lipinski definition) is 6. The third-order valence-electron chi connectivity index (χ3n) is 4.72. The zero-order valence-corrected chi connectivity index (χ0v) is 17.9. The molecule has 30 heavy (non-hydrogen) atoms. The lowest BCUT2D eigenvalue weighted by molar-refractivity contribution is -0.117. The molecule has 1 amide bonds.